The van der Waals surface area contributed by atoms with Crippen molar-refractivity contribution in [1.82, 2.24) is 14.8 Å². The summed E-state index contributed by atoms with van der Waals surface area (Å²) in [7, 11) is 1.63. The molecule has 0 saturated heterocycles. The van der Waals surface area contributed by atoms with Crippen molar-refractivity contribution in [3.8, 4) is 0 Å². The average molecular weight is 215 g/mol. The summed E-state index contributed by atoms with van der Waals surface area (Å²) in [6.45, 7) is 3.76. The molecule has 5 nitrogen and oxygen atoms in total. The number of hydrazine groups is 1. The molecule has 14 heavy (non-hydrogen) atoms. The first kappa shape index (κ1) is 10.7. The Balaban J connectivity index is 2.88. The van der Waals surface area contributed by atoms with Crippen LogP contribution in [0.25, 0.3) is 0 Å². The lowest BCUT2D eigenvalue weighted by atomic mass is 10.4. The number of hydrogen-bond acceptors (Lipinski definition) is 3. The molecule has 0 fully saturated rings. The maximum absolute atomic E-state index is 11.6. The van der Waals surface area contributed by atoms with Gasteiger partial charge in [-0.25, -0.2) is 5.84 Å². The van der Waals surface area contributed by atoms with Crippen molar-refractivity contribution >= 4 is 17.5 Å². The van der Waals surface area contributed by atoms with Crippen LogP contribution in [-0.2, 0) is 7.05 Å². The summed E-state index contributed by atoms with van der Waals surface area (Å²) in [6.07, 6.45) is 1.54. The molecule has 0 spiro atoms. The number of aryl methyl sites for hydroxylation is 1. The zero-order chi connectivity index (χ0) is 10.7. The summed E-state index contributed by atoms with van der Waals surface area (Å²) in [5.74, 6) is 5.13. The van der Waals surface area contributed by atoms with E-state index in [4.69, 9.17) is 17.4 Å². The molecular formula is C8H11ClN4O. The Labute approximate surface area is 86.7 Å². The Kier molecular flexibility index (Phi) is 3.27. The van der Waals surface area contributed by atoms with Gasteiger partial charge in [0.2, 0.25) is 0 Å². The molecule has 0 aliphatic rings. The first-order valence-electron chi connectivity index (χ1n) is 3.93. The Morgan fingerprint density at radius 1 is 1.93 bits per heavy atom. The highest BCUT2D eigenvalue weighted by Gasteiger charge is 2.16. The molecule has 1 heterocycles. The summed E-state index contributed by atoms with van der Waals surface area (Å²) in [4.78, 5) is 11.6. The van der Waals surface area contributed by atoms with Crippen LogP contribution >= 0.6 is 11.6 Å². The topological polar surface area (TPSA) is 64.2 Å². The van der Waals surface area contributed by atoms with Crippen LogP contribution in [0.4, 0.5) is 0 Å². The number of hydrogen-bond donors (Lipinski definition) is 1. The van der Waals surface area contributed by atoms with Gasteiger partial charge in [-0.1, -0.05) is 17.7 Å². The molecule has 0 aliphatic carbocycles. The second-order valence-corrected chi connectivity index (χ2v) is 3.11. The van der Waals surface area contributed by atoms with E-state index in [1.807, 2.05) is 0 Å². The maximum atomic E-state index is 11.6. The van der Waals surface area contributed by atoms with E-state index in [0.29, 0.717) is 5.69 Å². The summed E-state index contributed by atoms with van der Waals surface area (Å²) in [5.41, 5.74) is 0.347. The fourth-order valence-electron chi connectivity index (χ4n) is 1.00. The first-order chi connectivity index (χ1) is 6.56. The van der Waals surface area contributed by atoms with Crippen molar-refractivity contribution in [3.05, 3.63) is 29.6 Å². The molecule has 1 aromatic heterocycles. The fourth-order valence-corrected chi connectivity index (χ4v) is 1.22. The van der Waals surface area contributed by atoms with Gasteiger partial charge in [-0.15, -0.1) is 6.58 Å². The first-order valence-corrected chi connectivity index (χ1v) is 4.31. The SMILES string of the molecule is C=CCN(N)C(=O)c1cc(Cl)nn1C. The van der Waals surface area contributed by atoms with Gasteiger partial charge < -0.3 is 0 Å². The van der Waals surface area contributed by atoms with E-state index in [0.717, 1.165) is 5.01 Å². The monoisotopic (exact) mass is 214 g/mol. The highest BCUT2D eigenvalue weighted by Crippen LogP contribution is 2.09. The molecule has 0 bridgehead atoms. The van der Waals surface area contributed by atoms with E-state index in [2.05, 4.69) is 11.7 Å². The summed E-state index contributed by atoms with van der Waals surface area (Å²) in [5, 5.41) is 5.14. The van der Waals surface area contributed by atoms with Crippen molar-refractivity contribution in [2.24, 2.45) is 12.9 Å². The van der Waals surface area contributed by atoms with Crippen LogP contribution in [-0.4, -0.2) is 27.2 Å². The predicted octanol–water partition coefficient (Wildman–Crippen LogP) is 0.575. The molecule has 0 aliphatic heterocycles. The molecule has 6 heteroatoms. The summed E-state index contributed by atoms with van der Waals surface area (Å²) in [6, 6.07) is 1.47. The smallest absolute Gasteiger partial charge is 0.271 e. The number of rotatable bonds is 3. The van der Waals surface area contributed by atoms with Gasteiger partial charge in [0, 0.05) is 13.1 Å². The number of aromatic nitrogens is 2. The molecule has 1 amide bonds. The van der Waals surface area contributed by atoms with Crippen LogP contribution in [0.15, 0.2) is 18.7 Å². The number of carbonyl (C=O) groups excluding carboxylic acids is 1. The molecular weight excluding hydrogens is 204 g/mol. The summed E-state index contributed by atoms with van der Waals surface area (Å²) < 4.78 is 1.38. The van der Waals surface area contributed by atoms with E-state index in [1.54, 1.807) is 7.05 Å². The number of nitrogens with zero attached hydrogens (tertiary/aromatic N) is 3. The second kappa shape index (κ2) is 4.26. The van der Waals surface area contributed by atoms with E-state index in [-0.39, 0.29) is 17.6 Å². The fraction of sp³-hybridized carbons (Fsp3) is 0.250. The van der Waals surface area contributed by atoms with Crippen LogP contribution in [0.5, 0.6) is 0 Å². The minimum atomic E-state index is -0.341. The third-order valence-electron chi connectivity index (χ3n) is 1.66. The Bertz CT molecular complexity index is 360. The van der Waals surface area contributed by atoms with Crippen molar-refractivity contribution in [2.75, 3.05) is 6.54 Å². The van der Waals surface area contributed by atoms with Gasteiger partial charge in [-0.05, 0) is 0 Å². The summed E-state index contributed by atoms with van der Waals surface area (Å²) >= 11 is 5.63. The van der Waals surface area contributed by atoms with E-state index >= 15 is 0 Å². The molecule has 0 aromatic carbocycles. The molecule has 0 unspecified atom stereocenters. The molecule has 76 valence electrons. The lowest BCUT2D eigenvalue weighted by Crippen LogP contribution is -2.38. The number of amides is 1. The van der Waals surface area contributed by atoms with Gasteiger partial charge in [0.05, 0.1) is 6.54 Å². The van der Waals surface area contributed by atoms with Crippen molar-refractivity contribution in [3.63, 3.8) is 0 Å². The quantitative estimate of drug-likeness (QED) is 0.346. The van der Waals surface area contributed by atoms with Crippen molar-refractivity contribution in [2.45, 2.75) is 0 Å². The normalized spacial score (nSPS) is 9.93. The Hall–Kier alpha value is -1.33. The molecule has 0 atom stereocenters. The molecule has 0 radical (unpaired) electrons. The average Bonchev–Trinajstić information content (AvgIpc) is 2.44. The highest BCUT2D eigenvalue weighted by molar-refractivity contribution is 6.29. The van der Waals surface area contributed by atoms with Crippen LogP contribution in [0.3, 0.4) is 0 Å². The lowest BCUT2D eigenvalue weighted by Gasteiger charge is -2.13. The van der Waals surface area contributed by atoms with E-state index < -0.39 is 0 Å². The minimum Gasteiger partial charge on any atom is -0.271 e. The minimum absolute atomic E-state index is 0.267. The largest absolute Gasteiger partial charge is 0.286 e. The zero-order valence-electron chi connectivity index (χ0n) is 7.77. The number of nitrogens with two attached hydrogens (primary N) is 1. The van der Waals surface area contributed by atoms with Gasteiger partial charge in [-0.2, -0.15) is 5.10 Å². The van der Waals surface area contributed by atoms with Crippen LogP contribution in [0.2, 0.25) is 5.15 Å². The van der Waals surface area contributed by atoms with Crippen LogP contribution in [0, 0.1) is 0 Å². The van der Waals surface area contributed by atoms with Gasteiger partial charge in [0.25, 0.3) is 5.91 Å². The second-order valence-electron chi connectivity index (χ2n) is 2.72. The molecule has 2 N–H and O–H groups in total. The van der Waals surface area contributed by atoms with Crippen molar-refractivity contribution in [1.29, 1.82) is 0 Å². The number of halogens is 1. The van der Waals surface area contributed by atoms with Crippen LogP contribution in [0.1, 0.15) is 10.5 Å². The molecule has 1 rings (SSSR count). The van der Waals surface area contributed by atoms with Crippen molar-refractivity contribution < 1.29 is 4.79 Å². The van der Waals surface area contributed by atoms with Crippen LogP contribution < -0.4 is 5.84 Å². The number of carbonyl (C=O) groups is 1. The van der Waals surface area contributed by atoms with Gasteiger partial charge in [0.15, 0.2) is 5.15 Å². The van der Waals surface area contributed by atoms with E-state index in [1.165, 1.54) is 16.8 Å². The maximum Gasteiger partial charge on any atom is 0.286 e. The third kappa shape index (κ3) is 2.12. The third-order valence-corrected chi connectivity index (χ3v) is 1.84. The van der Waals surface area contributed by atoms with E-state index in [9.17, 15) is 4.79 Å². The standard InChI is InChI=1S/C8H11ClN4O/c1-3-4-13(10)8(14)6-5-7(9)11-12(6)2/h3,5H,1,4,10H2,2H3. The zero-order valence-corrected chi connectivity index (χ0v) is 8.53. The van der Waals surface area contributed by atoms with Gasteiger partial charge >= 0.3 is 0 Å². The molecule has 0 saturated carbocycles. The highest BCUT2D eigenvalue weighted by atomic mass is 35.5. The Morgan fingerprint density at radius 3 is 3.00 bits per heavy atom. The van der Waals surface area contributed by atoms with Gasteiger partial charge in [-0.3, -0.25) is 14.5 Å². The lowest BCUT2D eigenvalue weighted by molar-refractivity contribution is 0.0763. The Morgan fingerprint density at radius 2 is 2.57 bits per heavy atom. The molecule has 1 aromatic rings. The predicted molar refractivity (Wildman–Crippen MR) is 53.6 cm³/mol. The van der Waals surface area contributed by atoms with Gasteiger partial charge in [0.1, 0.15) is 5.69 Å².